The lowest BCUT2D eigenvalue weighted by Crippen LogP contribution is -2.42. The Labute approximate surface area is 159 Å². The van der Waals surface area contributed by atoms with Crippen molar-refractivity contribution in [2.24, 2.45) is 11.8 Å². The molecule has 140 valence electrons. The van der Waals surface area contributed by atoms with E-state index in [4.69, 9.17) is 0 Å². The van der Waals surface area contributed by atoms with Crippen molar-refractivity contribution in [1.82, 2.24) is 4.90 Å². The number of hydrogen-bond donors (Lipinski definition) is 1. The predicted molar refractivity (Wildman–Crippen MR) is 105 cm³/mol. The van der Waals surface area contributed by atoms with Crippen LogP contribution in [0.15, 0.2) is 40.6 Å². The summed E-state index contributed by atoms with van der Waals surface area (Å²) in [6, 6.07) is 8.62. The third-order valence-electron chi connectivity index (χ3n) is 4.57. The average molecular weight is 393 g/mol. The van der Waals surface area contributed by atoms with Gasteiger partial charge in [-0.05, 0) is 48.8 Å². The molecule has 1 N–H and O–H groups in total. The molecule has 1 amide bonds. The monoisotopic (exact) mass is 392 g/mol. The second kappa shape index (κ2) is 7.40. The maximum atomic E-state index is 13.0. The molecule has 3 rings (SSSR count). The van der Waals surface area contributed by atoms with Gasteiger partial charge in [0.1, 0.15) is 9.77 Å². The number of nitrogens with zero attached hydrogens (tertiary/aromatic N) is 1. The van der Waals surface area contributed by atoms with Crippen LogP contribution in [0.3, 0.4) is 0 Å². The van der Waals surface area contributed by atoms with Crippen molar-refractivity contribution in [3.8, 4) is 0 Å². The molecule has 0 saturated carbocycles. The summed E-state index contributed by atoms with van der Waals surface area (Å²) in [6.07, 6.45) is 1.09. The number of carbonyl (C=O) groups excluding carboxylic acids is 1. The molecule has 2 aromatic rings. The van der Waals surface area contributed by atoms with Gasteiger partial charge < -0.3 is 4.90 Å². The highest BCUT2D eigenvalue weighted by Gasteiger charge is 2.31. The Morgan fingerprint density at radius 2 is 1.73 bits per heavy atom. The summed E-state index contributed by atoms with van der Waals surface area (Å²) < 4.78 is 28.2. The van der Waals surface area contributed by atoms with Gasteiger partial charge in [0.05, 0.1) is 0 Å². The van der Waals surface area contributed by atoms with Crippen LogP contribution in [0, 0.1) is 18.8 Å². The SMILES string of the molecule is Cc1ccc(NS(=O)(=O)c2ccsc2C(=O)N2CC(C)CC(C)C2)cc1. The van der Waals surface area contributed by atoms with Gasteiger partial charge in [0.15, 0.2) is 0 Å². The lowest BCUT2D eigenvalue weighted by Gasteiger charge is -2.34. The first-order valence-corrected chi connectivity index (χ1v) is 11.1. The van der Waals surface area contributed by atoms with Crippen LogP contribution < -0.4 is 4.72 Å². The maximum absolute atomic E-state index is 13.0. The number of amides is 1. The van der Waals surface area contributed by atoms with E-state index in [1.54, 1.807) is 22.4 Å². The van der Waals surface area contributed by atoms with Crippen LogP contribution in [-0.4, -0.2) is 32.3 Å². The number of anilines is 1. The van der Waals surface area contributed by atoms with Crippen molar-refractivity contribution in [3.05, 3.63) is 46.2 Å². The van der Waals surface area contributed by atoms with Gasteiger partial charge in [-0.25, -0.2) is 8.42 Å². The zero-order valence-corrected chi connectivity index (χ0v) is 16.9. The van der Waals surface area contributed by atoms with Crippen LogP contribution in [-0.2, 0) is 10.0 Å². The van der Waals surface area contributed by atoms with Crippen molar-refractivity contribution in [2.45, 2.75) is 32.1 Å². The number of rotatable bonds is 4. The van der Waals surface area contributed by atoms with E-state index in [-0.39, 0.29) is 15.7 Å². The van der Waals surface area contributed by atoms with Crippen LogP contribution in [0.1, 0.15) is 35.5 Å². The standard InChI is InChI=1S/C19H24N2O3S2/c1-13-4-6-16(7-5-13)20-26(23,24)17-8-9-25-18(17)19(22)21-11-14(2)10-15(3)12-21/h4-9,14-15,20H,10-12H2,1-3H3. The van der Waals surface area contributed by atoms with Crippen molar-refractivity contribution >= 4 is 33.0 Å². The largest absolute Gasteiger partial charge is 0.337 e. The Morgan fingerprint density at radius 1 is 1.12 bits per heavy atom. The third-order valence-corrected chi connectivity index (χ3v) is 7.03. The Balaban J connectivity index is 1.85. The van der Waals surface area contributed by atoms with Gasteiger partial charge >= 0.3 is 0 Å². The van der Waals surface area contributed by atoms with Gasteiger partial charge in [-0.15, -0.1) is 11.3 Å². The van der Waals surface area contributed by atoms with Gasteiger partial charge in [-0.3, -0.25) is 9.52 Å². The first-order chi connectivity index (χ1) is 12.3. The number of benzene rings is 1. The highest BCUT2D eigenvalue weighted by atomic mass is 32.2. The number of piperidine rings is 1. The smallest absolute Gasteiger partial charge is 0.265 e. The van der Waals surface area contributed by atoms with Crippen LogP contribution in [0.4, 0.5) is 5.69 Å². The van der Waals surface area contributed by atoms with Gasteiger partial charge in [0.25, 0.3) is 15.9 Å². The summed E-state index contributed by atoms with van der Waals surface area (Å²) in [6.45, 7) is 7.54. The number of hydrogen-bond acceptors (Lipinski definition) is 4. The molecule has 2 atom stereocenters. The molecule has 26 heavy (non-hydrogen) atoms. The zero-order valence-electron chi connectivity index (χ0n) is 15.2. The van der Waals surface area contributed by atoms with Gasteiger partial charge in [0, 0.05) is 18.8 Å². The van der Waals surface area contributed by atoms with E-state index < -0.39 is 10.0 Å². The first kappa shape index (κ1) is 18.9. The molecular weight excluding hydrogens is 368 g/mol. The van der Waals surface area contributed by atoms with E-state index in [9.17, 15) is 13.2 Å². The summed E-state index contributed by atoms with van der Waals surface area (Å²) in [4.78, 5) is 15.1. The van der Waals surface area contributed by atoms with E-state index in [2.05, 4.69) is 18.6 Å². The lowest BCUT2D eigenvalue weighted by atomic mass is 9.92. The quantitative estimate of drug-likeness (QED) is 0.856. The number of likely N-dealkylation sites (tertiary alicyclic amines) is 1. The zero-order chi connectivity index (χ0) is 18.9. The molecule has 7 heteroatoms. The fourth-order valence-electron chi connectivity index (χ4n) is 3.47. The highest BCUT2D eigenvalue weighted by Crippen LogP contribution is 2.29. The van der Waals surface area contributed by atoms with Crippen molar-refractivity contribution in [2.75, 3.05) is 17.8 Å². The molecule has 1 saturated heterocycles. The third kappa shape index (κ3) is 4.10. The second-order valence-electron chi connectivity index (χ2n) is 7.24. The number of nitrogens with one attached hydrogen (secondary N) is 1. The molecule has 1 aromatic carbocycles. The summed E-state index contributed by atoms with van der Waals surface area (Å²) in [5, 5.41) is 1.66. The summed E-state index contributed by atoms with van der Waals surface area (Å²) in [5.41, 5.74) is 1.54. The molecule has 0 spiro atoms. The van der Waals surface area contributed by atoms with E-state index in [1.807, 2.05) is 19.1 Å². The fraction of sp³-hybridized carbons (Fsp3) is 0.421. The Bertz CT molecular complexity index is 878. The maximum Gasteiger partial charge on any atom is 0.265 e. The van der Waals surface area contributed by atoms with Crippen LogP contribution in [0.5, 0.6) is 0 Å². The predicted octanol–water partition coefficient (Wildman–Crippen LogP) is 3.98. The minimum absolute atomic E-state index is 0.0546. The minimum atomic E-state index is -3.81. The van der Waals surface area contributed by atoms with E-state index in [1.165, 1.54) is 17.4 Å². The molecular formula is C19H24N2O3S2. The molecule has 1 aromatic heterocycles. The van der Waals surface area contributed by atoms with Crippen LogP contribution in [0.25, 0.3) is 0 Å². The number of aryl methyl sites for hydroxylation is 1. The van der Waals surface area contributed by atoms with Crippen molar-refractivity contribution in [1.29, 1.82) is 0 Å². The van der Waals surface area contributed by atoms with Gasteiger partial charge in [-0.2, -0.15) is 0 Å². The molecule has 0 bridgehead atoms. The second-order valence-corrected chi connectivity index (χ2v) is 9.81. The van der Waals surface area contributed by atoms with E-state index in [0.29, 0.717) is 30.6 Å². The Morgan fingerprint density at radius 3 is 2.35 bits per heavy atom. The number of sulfonamides is 1. The van der Waals surface area contributed by atoms with Crippen LogP contribution >= 0.6 is 11.3 Å². The molecule has 1 aliphatic rings. The molecule has 2 heterocycles. The highest BCUT2D eigenvalue weighted by molar-refractivity contribution is 7.93. The molecule has 2 unspecified atom stereocenters. The summed E-state index contributed by atoms with van der Waals surface area (Å²) >= 11 is 1.18. The van der Waals surface area contributed by atoms with E-state index >= 15 is 0 Å². The molecule has 5 nitrogen and oxygen atoms in total. The van der Waals surface area contributed by atoms with Crippen molar-refractivity contribution < 1.29 is 13.2 Å². The summed E-state index contributed by atoms with van der Waals surface area (Å²) in [5.74, 6) is 0.657. The van der Waals surface area contributed by atoms with Crippen LogP contribution in [0.2, 0.25) is 0 Å². The average Bonchev–Trinajstić information content (AvgIpc) is 3.06. The fourth-order valence-corrected chi connectivity index (χ4v) is 5.92. The summed E-state index contributed by atoms with van der Waals surface area (Å²) in [7, 11) is -3.81. The van der Waals surface area contributed by atoms with Gasteiger partial charge in [0.2, 0.25) is 0 Å². The number of carbonyl (C=O) groups is 1. The first-order valence-electron chi connectivity index (χ1n) is 8.72. The molecule has 0 aliphatic carbocycles. The number of thiophene rings is 1. The Hall–Kier alpha value is -1.86. The molecule has 1 fully saturated rings. The van der Waals surface area contributed by atoms with Gasteiger partial charge in [-0.1, -0.05) is 31.5 Å². The Kier molecular flexibility index (Phi) is 5.39. The van der Waals surface area contributed by atoms with E-state index in [0.717, 1.165) is 12.0 Å². The lowest BCUT2D eigenvalue weighted by molar-refractivity contribution is 0.0624. The normalized spacial score (nSPS) is 20.8. The van der Waals surface area contributed by atoms with Crippen molar-refractivity contribution in [3.63, 3.8) is 0 Å². The molecule has 0 radical (unpaired) electrons. The minimum Gasteiger partial charge on any atom is -0.337 e. The topological polar surface area (TPSA) is 66.5 Å². The molecule has 1 aliphatic heterocycles.